The lowest BCUT2D eigenvalue weighted by Crippen LogP contribution is -2.29. The molecule has 0 amide bonds. The maximum atomic E-state index is 11.8. The molecule has 0 aliphatic carbocycles. The van der Waals surface area contributed by atoms with E-state index in [0.717, 1.165) is 4.57 Å². The number of anilines is 1. The van der Waals surface area contributed by atoms with Crippen LogP contribution in [0.25, 0.3) is 0 Å². The van der Waals surface area contributed by atoms with Gasteiger partial charge in [0.25, 0.3) is 0 Å². The Morgan fingerprint density at radius 2 is 2.23 bits per heavy atom. The number of hydrogen-bond donors (Lipinski definition) is 5. The van der Waals surface area contributed by atoms with Crippen molar-refractivity contribution < 1.29 is 33.8 Å². The van der Waals surface area contributed by atoms with Gasteiger partial charge in [0.15, 0.2) is 0 Å². The molecule has 1 aliphatic heterocycles. The minimum Gasteiger partial charge on any atom is -0.391 e. The number of ether oxygens (including phenoxy) is 1. The van der Waals surface area contributed by atoms with Crippen molar-refractivity contribution in [2.45, 2.75) is 31.5 Å². The van der Waals surface area contributed by atoms with E-state index in [1.165, 1.54) is 6.20 Å². The minimum atomic E-state index is -4.69. The Morgan fingerprint density at radius 3 is 2.82 bits per heavy atom. The summed E-state index contributed by atoms with van der Waals surface area (Å²) < 4.78 is 21.3. The highest BCUT2D eigenvalue weighted by Crippen LogP contribution is 2.38. The molecular weight excluding hydrogens is 321 g/mol. The van der Waals surface area contributed by atoms with Gasteiger partial charge in [0.1, 0.15) is 18.1 Å². The van der Waals surface area contributed by atoms with Crippen LogP contribution in [-0.2, 0) is 20.4 Å². The molecule has 12 heteroatoms. The second-order valence-electron chi connectivity index (χ2n) is 4.72. The highest BCUT2D eigenvalue weighted by atomic mass is 31.2. The van der Waals surface area contributed by atoms with E-state index >= 15 is 0 Å². The fraction of sp³-hybridized carbons (Fsp3) is 0.600. The summed E-state index contributed by atoms with van der Waals surface area (Å²) in [6.07, 6.45) is -1.76. The summed E-state index contributed by atoms with van der Waals surface area (Å²) in [5.41, 5.74) is 4.95. The van der Waals surface area contributed by atoms with E-state index in [2.05, 4.69) is 9.51 Å². The van der Waals surface area contributed by atoms with Crippen LogP contribution >= 0.6 is 7.82 Å². The highest BCUT2D eigenvalue weighted by molar-refractivity contribution is 7.46. The van der Waals surface area contributed by atoms with Crippen molar-refractivity contribution in [3.05, 3.63) is 22.2 Å². The van der Waals surface area contributed by atoms with Crippen molar-refractivity contribution in [2.24, 2.45) is 0 Å². The van der Waals surface area contributed by atoms with Crippen LogP contribution in [0.4, 0.5) is 5.82 Å². The predicted molar refractivity (Wildman–Crippen MR) is 71.4 cm³/mol. The number of phosphoric ester groups is 1. The quantitative estimate of drug-likeness (QED) is 0.380. The number of nitrogens with two attached hydrogens (primary N) is 1. The Hall–Kier alpha value is -1.33. The summed E-state index contributed by atoms with van der Waals surface area (Å²) in [7, 11) is -4.69. The molecule has 0 spiro atoms. The Balaban J connectivity index is 2.15. The molecule has 0 aromatic carbocycles. The lowest BCUT2D eigenvalue weighted by molar-refractivity contribution is -0.0451. The van der Waals surface area contributed by atoms with E-state index in [9.17, 15) is 14.5 Å². The van der Waals surface area contributed by atoms with Crippen molar-refractivity contribution in [3.63, 3.8) is 0 Å². The molecule has 3 atom stereocenters. The first-order chi connectivity index (χ1) is 10.2. The largest absolute Gasteiger partial charge is 0.469 e. The lowest BCUT2D eigenvalue weighted by Gasteiger charge is -2.17. The molecule has 3 unspecified atom stereocenters. The molecule has 0 saturated carbocycles. The van der Waals surface area contributed by atoms with Gasteiger partial charge in [-0.1, -0.05) is 0 Å². The Labute approximate surface area is 124 Å². The molecular formula is C10H16N3O8P. The van der Waals surface area contributed by atoms with Gasteiger partial charge in [0.2, 0.25) is 0 Å². The van der Waals surface area contributed by atoms with E-state index in [1.54, 1.807) is 0 Å². The number of rotatable bonds is 5. The second kappa shape index (κ2) is 6.42. The average Bonchev–Trinajstić information content (AvgIpc) is 2.77. The van der Waals surface area contributed by atoms with E-state index in [0.29, 0.717) is 0 Å². The van der Waals surface area contributed by atoms with Crippen molar-refractivity contribution in [2.75, 3.05) is 12.3 Å². The van der Waals surface area contributed by atoms with Gasteiger partial charge < -0.3 is 30.5 Å². The van der Waals surface area contributed by atoms with Crippen LogP contribution in [0.5, 0.6) is 0 Å². The van der Waals surface area contributed by atoms with Gasteiger partial charge in [0, 0.05) is 18.2 Å². The topological polar surface area (TPSA) is 177 Å². The minimum absolute atomic E-state index is 0.00837. The number of aliphatic hydroxyl groups excluding tert-OH is 2. The molecule has 1 aromatic rings. The number of nitrogens with zero attached hydrogens (tertiary/aromatic N) is 2. The third-order valence-corrected chi connectivity index (χ3v) is 3.64. The van der Waals surface area contributed by atoms with Gasteiger partial charge in [-0.2, -0.15) is 4.98 Å². The molecule has 124 valence electrons. The van der Waals surface area contributed by atoms with Gasteiger partial charge in [-0.15, -0.1) is 0 Å². The molecule has 2 rings (SSSR count). The first-order valence-electron chi connectivity index (χ1n) is 6.23. The molecule has 6 N–H and O–H groups in total. The first kappa shape index (κ1) is 17.0. The maximum Gasteiger partial charge on any atom is 0.469 e. The summed E-state index contributed by atoms with van der Waals surface area (Å²) in [5.74, 6) is -0.108. The Morgan fingerprint density at radius 1 is 1.55 bits per heavy atom. The zero-order chi connectivity index (χ0) is 16.5. The van der Waals surface area contributed by atoms with E-state index in [-0.39, 0.29) is 17.8 Å². The van der Waals surface area contributed by atoms with Gasteiger partial charge in [0.05, 0.1) is 19.3 Å². The monoisotopic (exact) mass is 337 g/mol. The molecule has 11 nitrogen and oxygen atoms in total. The van der Waals surface area contributed by atoms with Crippen molar-refractivity contribution in [3.8, 4) is 0 Å². The summed E-state index contributed by atoms with van der Waals surface area (Å²) in [5, 5.41) is 18.9. The highest BCUT2D eigenvalue weighted by Gasteiger charge is 2.37. The smallest absolute Gasteiger partial charge is 0.391 e. The van der Waals surface area contributed by atoms with E-state index in [4.69, 9.17) is 25.4 Å². The van der Waals surface area contributed by atoms with Crippen LogP contribution < -0.4 is 11.4 Å². The zero-order valence-electron chi connectivity index (χ0n) is 11.3. The Kier molecular flexibility index (Phi) is 4.97. The molecule has 1 saturated heterocycles. The number of aliphatic hydroxyl groups is 2. The molecule has 1 aliphatic rings. The Bertz CT molecular complexity index is 644. The normalized spacial score (nSPS) is 25.5. The molecule has 1 aromatic heterocycles. The zero-order valence-corrected chi connectivity index (χ0v) is 12.2. The molecule has 2 heterocycles. The molecule has 0 bridgehead atoms. The number of nitrogen functional groups attached to an aromatic ring is 1. The third kappa shape index (κ3) is 3.90. The summed E-state index contributed by atoms with van der Waals surface area (Å²) in [6.45, 7) is -0.967. The van der Waals surface area contributed by atoms with Crippen LogP contribution in [0.3, 0.4) is 0 Å². The molecule has 22 heavy (non-hydrogen) atoms. The van der Waals surface area contributed by atoms with Gasteiger partial charge in [-0.3, -0.25) is 9.09 Å². The van der Waals surface area contributed by atoms with Gasteiger partial charge in [-0.25, -0.2) is 9.36 Å². The fourth-order valence-electron chi connectivity index (χ4n) is 2.06. The molecule has 0 radical (unpaired) electrons. The van der Waals surface area contributed by atoms with Crippen molar-refractivity contribution >= 4 is 13.6 Å². The maximum absolute atomic E-state index is 11.8. The van der Waals surface area contributed by atoms with Crippen LogP contribution in [0.2, 0.25) is 0 Å². The van der Waals surface area contributed by atoms with Crippen LogP contribution in [0, 0.1) is 0 Å². The van der Waals surface area contributed by atoms with Crippen LogP contribution in [0.1, 0.15) is 18.2 Å². The van der Waals surface area contributed by atoms with Crippen LogP contribution in [-0.4, -0.2) is 48.4 Å². The van der Waals surface area contributed by atoms with Gasteiger partial charge in [-0.05, 0) is 0 Å². The standard InChI is InChI=1S/C10H16N3O8P/c11-9-5(3-14)2-13(10(16)12-9)8-1-6(15)7(21-8)4-20-22(17,18)19/h2,6-8,14-15H,1,3-4H2,(H2,11,12,16)(H2,17,18,19). The lowest BCUT2D eigenvalue weighted by atomic mass is 10.2. The third-order valence-electron chi connectivity index (χ3n) is 3.15. The second-order valence-corrected chi connectivity index (χ2v) is 5.96. The number of hydrogen-bond acceptors (Lipinski definition) is 8. The summed E-state index contributed by atoms with van der Waals surface area (Å²) in [4.78, 5) is 32.6. The van der Waals surface area contributed by atoms with Crippen LogP contribution in [0.15, 0.2) is 11.0 Å². The number of aromatic nitrogens is 2. The predicted octanol–water partition coefficient (Wildman–Crippen LogP) is -1.92. The average molecular weight is 337 g/mol. The van der Waals surface area contributed by atoms with Gasteiger partial charge >= 0.3 is 13.5 Å². The first-order valence-corrected chi connectivity index (χ1v) is 7.76. The van der Waals surface area contributed by atoms with Crippen molar-refractivity contribution in [1.82, 2.24) is 9.55 Å². The molecule has 1 fully saturated rings. The number of phosphoric acid groups is 1. The SMILES string of the molecule is Nc1nc(=O)n(C2CC(O)C(COP(=O)(O)O)O2)cc1CO. The summed E-state index contributed by atoms with van der Waals surface area (Å²) >= 11 is 0. The fourth-order valence-corrected chi connectivity index (χ4v) is 2.40. The summed E-state index contributed by atoms with van der Waals surface area (Å²) in [6, 6.07) is 0. The van der Waals surface area contributed by atoms with E-state index < -0.39 is 45.2 Å². The van der Waals surface area contributed by atoms with E-state index in [1.807, 2.05) is 0 Å². The van der Waals surface area contributed by atoms with Crippen molar-refractivity contribution in [1.29, 1.82) is 0 Å².